The maximum atomic E-state index is 13.2. The lowest BCUT2D eigenvalue weighted by molar-refractivity contribution is -0.138. The zero-order valence-electron chi connectivity index (χ0n) is 13.3. The number of ether oxygens (including phenoxy) is 1. The maximum absolute atomic E-state index is 13.2. The number of halogens is 2. The molecule has 3 aromatic rings. The van der Waals surface area contributed by atoms with Crippen molar-refractivity contribution >= 4 is 29.3 Å². The number of nitrogens with one attached hydrogen (secondary N) is 1. The summed E-state index contributed by atoms with van der Waals surface area (Å²) < 4.78 is 18.1. The number of aromatic nitrogens is 2. The van der Waals surface area contributed by atoms with E-state index in [1.807, 2.05) is 24.3 Å². The predicted molar refractivity (Wildman–Crippen MR) is 96.9 cm³/mol. The van der Waals surface area contributed by atoms with Gasteiger partial charge in [0.15, 0.2) is 5.15 Å². The summed E-state index contributed by atoms with van der Waals surface area (Å²) in [7, 11) is 0. The van der Waals surface area contributed by atoms with Crippen molar-refractivity contribution in [2.45, 2.75) is 11.8 Å². The van der Waals surface area contributed by atoms with Crippen molar-refractivity contribution < 1.29 is 13.9 Å². The van der Waals surface area contributed by atoms with Crippen LogP contribution in [0.4, 0.5) is 4.39 Å². The summed E-state index contributed by atoms with van der Waals surface area (Å²) in [6.45, 7) is 1.38. The van der Waals surface area contributed by atoms with Crippen LogP contribution in [0.15, 0.2) is 53.4 Å². The van der Waals surface area contributed by atoms with E-state index in [1.165, 1.54) is 30.8 Å². The van der Waals surface area contributed by atoms with E-state index >= 15 is 0 Å². The molecule has 25 heavy (non-hydrogen) atoms. The Balaban J connectivity index is 1.85. The zero-order chi connectivity index (χ0) is 17.8. The van der Waals surface area contributed by atoms with Crippen molar-refractivity contribution in [1.82, 2.24) is 10.2 Å². The highest BCUT2D eigenvalue weighted by Crippen LogP contribution is 2.36. The Morgan fingerprint density at radius 1 is 1.16 bits per heavy atom. The molecule has 0 atom stereocenters. The topological polar surface area (TPSA) is 55.0 Å². The average molecular weight is 377 g/mol. The molecule has 0 aliphatic carbocycles. The van der Waals surface area contributed by atoms with E-state index in [4.69, 9.17) is 16.3 Å². The molecule has 4 nitrogen and oxygen atoms in total. The van der Waals surface area contributed by atoms with Crippen molar-refractivity contribution in [3.63, 3.8) is 0 Å². The summed E-state index contributed by atoms with van der Waals surface area (Å²) in [4.78, 5) is 11.8. The van der Waals surface area contributed by atoms with Gasteiger partial charge in [0.1, 0.15) is 11.8 Å². The van der Waals surface area contributed by atoms with Gasteiger partial charge < -0.3 is 4.74 Å². The summed E-state index contributed by atoms with van der Waals surface area (Å²) in [5, 5.41) is 7.32. The van der Waals surface area contributed by atoms with Crippen molar-refractivity contribution in [2.24, 2.45) is 0 Å². The van der Waals surface area contributed by atoms with Gasteiger partial charge in [-0.05, 0) is 29.8 Å². The first-order valence-electron chi connectivity index (χ1n) is 7.41. The van der Waals surface area contributed by atoms with E-state index in [-0.39, 0.29) is 17.7 Å². The van der Waals surface area contributed by atoms with Crippen LogP contribution in [-0.4, -0.2) is 22.1 Å². The molecule has 3 rings (SSSR count). The lowest BCUT2D eigenvalue weighted by Crippen LogP contribution is -1.96. The molecular formula is C18H14ClFN2O2S. The SMILES string of the molecule is CC(=O)OCSc1ccc(-c2[nH]nc(Cl)c2-c2ccc(F)cc2)cc1. The molecule has 0 saturated heterocycles. The molecule has 1 heterocycles. The van der Waals surface area contributed by atoms with Gasteiger partial charge in [0.05, 0.1) is 5.69 Å². The largest absolute Gasteiger partial charge is 0.454 e. The molecule has 7 heteroatoms. The van der Waals surface area contributed by atoms with Crippen LogP contribution in [0.3, 0.4) is 0 Å². The van der Waals surface area contributed by atoms with Gasteiger partial charge >= 0.3 is 5.97 Å². The number of H-pyrrole nitrogens is 1. The molecule has 1 N–H and O–H groups in total. The normalized spacial score (nSPS) is 10.7. The zero-order valence-corrected chi connectivity index (χ0v) is 14.8. The van der Waals surface area contributed by atoms with Crippen LogP contribution in [-0.2, 0) is 9.53 Å². The van der Waals surface area contributed by atoms with Crippen LogP contribution >= 0.6 is 23.4 Å². The van der Waals surface area contributed by atoms with Crippen molar-refractivity contribution in [3.8, 4) is 22.4 Å². The molecule has 0 bridgehead atoms. The second-order valence-electron chi connectivity index (χ2n) is 5.19. The third kappa shape index (κ3) is 4.21. The van der Waals surface area contributed by atoms with E-state index < -0.39 is 0 Å². The summed E-state index contributed by atoms with van der Waals surface area (Å²) in [5.41, 5.74) is 3.16. The third-order valence-electron chi connectivity index (χ3n) is 3.49. The number of carbonyl (C=O) groups excluding carboxylic acids is 1. The summed E-state index contributed by atoms with van der Waals surface area (Å²) in [6, 6.07) is 13.8. The number of aromatic amines is 1. The summed E-state index contributed by atoms with van der Waals surface area (Å²) in [5.74, 6) is -0.343. The van der Waals surface area contributed by atoms with E-state index in [0.717, 1.165) is 27.3 Å². The van der Waals surface area contributed by atoms with Gasteiger partial charge in [-0.3, -0.25) is 9.89 Å². The van der Waals surface area contributed by atoms with E-state index in [2.05, 4.69) is 10.2 Å². The van der Waals surface area contributed by atoms with E-state index in [1.54, 1.807) is 12.1 Å². The van der Waals surface area contributed by atoms with Crippen LogP contribution in [0.5, 0.6) is 0 Å². The fourth-order valence-corrected chi connectivity index (χ4v) is 3.24. The van der Waals surface area contributed by atoms with Gasteiger partial charge in [-0.2, -0.15) is 5.10 Å². The minimum Gasteiger partial charge on any atom is -0.454 e. The van der Waals surface area contributed by atoms with Crippen LogP contribution in [0.2, 0.25) is 5.15 Å². The van der Waals surface area contributed by atoms with Crippen molar-refractivity contribution in [2.75, 3.05) is 5.94 Å². The monoisotopic (exact) mass is 376 g/mol. The van der Waals surface area contributed by atoms with Gasteiger partial charge in [0, 0.05) is 22.9 Å². The Labute approximate surface area is 153 Å². The van der Waals surface area contributed by atoms with Crippen molar-refractivity contribution in [1.29, 1.82) is 0 Å². The lowest BCUT2D eigenvalue weighted by atomic mass is 10.0. The molecule has 0 unspecified atom stereocenters. The molecule has 0 aliphatic heterocycles. The highest BCUT2D eigenvalue weighted by molar-refractivity contribution is 7.99. The standard InChI is InChI=1S/C18H14ClFN2O2S/c1-11(23)24-10-25-15-8-4-13(5-9-15)17-16(18(19)22-21-17)12-2-6-14(20)7-3-12/h2-9H,10H2,1H3,(H,21,22). The molecule has 0 aliphatic rings. The second kappa shape index (κ2) is 7.72. The van der Waals surface area contributed by atoms with Gasteiger partial charge in [-0.1, -0.05) is 47.6 Å². The third-order valence-corrected chi connectivity index (χ3v) is 4.60. The van der Waals surface area contributed by atoms with Crippen molar-refractivity contribution in [3.05, 3.63) is 59.5 Å². The number of esters is 1. The highest BCUT2D eigenvalue weighted by atomic mass is 35.5. The fourth-order valence-electron chi connectivity index (χ4n) is 2.31. The molecule has 0 amide bonds. The van der Waals surface area contributed by atoms with Crippen LogP contribution in [0.25, 0.3) is 22.4 Å². The number of benzene rings is 2. The molecular weight excluding hydrogens is 363 g/mol. The first-order chi connectivity index (χ1) is 12.0. The fraction of sp³-hybridized carbons (Fsp3) is 0.111. The van der Waals surface area contributed by atoms with E-state index in [9.17, 15) is 9.18 Å². The quantitative estimate of drug-likeness (QED) is 0.380. The molecule has 2 aromatic carbocycles. The number of carbonyl (C=O) groups is 1. The minimum absolute atomic E-state index is 0.269. The number of rotatable bonds is 5. The average Bonchev–Trinajstić information content (AvgIpc) is 2.98. The Morgan fingerprint density at radius 3 is 2.44 bits per heavy atom. The number of hydrogen-bond acceptors (Lipinski definition) is 4. The smallest absolute Gasteiger partial charge is 0.303 e. The summed E-state index contributed by atoms with van der Waals surface area (Å²) in [6.07, 6.45) is 0. The number of nitrogens with zero attached hydrogens (tertiary/aromatic N) is 1. The van der Waals surface area contributed by atoms with Crippen LogP contribution in [0, 0.1) is 5.82 Å². The Bertz CT molecular complexity index is 879. The van der Waals surface area contributed by atoms with Gasteiger partial charge in [0.25, 0.3) is 0 Å². The number of hydrogen-bond donors (Lipinski definition) is 1. The van der Waals surface area contributed by atoms with E-state index in [0.29, 0.717) is 5.15 Å². The molecule has 0 fully saturated rings. The molecule has 0 spiro atoms. The first kappa shape index (κ1) is 17.5. The first-order valence-corrected chi connectivity index (χ1v) is 8.77. The second-order valence-corrected chi connectivity index (χ2v) is 6.55. The van der Waals surface area contributed by atoms with Gasteiger partial charge in [-0.25, -0.2) is 4.39 Å². The predicted octanol–water partition coefficient (Wildman–Crippen LogP) is 5.15. The Hall–Kier alpha value is -2.31. The van der Waals surface area contributed by atoms with Crippen LogP contribution in [0.1, 0.15) is 6.92 Å². The minimum atomic E-state index is -0.306. The molecule has 128 valence electrons. The number of thioether (sulfide) groups is 1. The molecule has 0 radical (unpaired) electrons. The highest BCUT2D eigenvalue weighted by Gasteiger charge is 2.15. The van der Waals surface area contributed by atoms with Crippen LogP contribution < -0.4 is 0 Å². The maximum Gasteiger partial charge on any atom is 0.303 e. The lowest BCUT2D eigenvalue weighted by Gasteiger charge is -2.06. The summed E-state index contributed by atoms with van der Waals surface area (Å²) >= 11 is 7.63. The van der Waals surface area contributed by atoms with Gasteiger partial charge in [0.2, 0.25) is 0 Å². The Morgan fingerprint density at radius 2 is 1.80 bits per heavy atom. The van der Waals surface area contributed by atoms with Gasteiger partial charge in [-0.15, -0.1) is 0 Å². The molecule has 1 aromatic heterocycles. The molecule has 0 saturated carbocycles. The Kier molecular flexibility index (Phi) is 5.40.